The SMILES string of the molecule is CC(=O)N1CCCc2cc([C@@H](O)CN3CCCC(C)(C)C3)ccc21. The summed E-state index contributed by atoms with van der Waals surface area (Å²) in [5.41, 5.74) is 3.52. The summed E-state index contributed by atoms with van der Waals surface area (Å²) in [5, 5.41) is 10.7. The highest BCUT2D eigenvalue weighted by molar-refractivity contribution is 5.92. The van der Waals surface area contributed by atoms with Crippen molar-refractivity contribution in [2.24, 2.45) is 5.41 Å². The number of aryl methyl sites for hydroxylation is 1. The van der Waals surface area contributed by atoms with Gasteiger partial charge in [-0.05, 0) is 54.8 Å². The molecule has 0 aliphatic carbocycles. The van der Waals surface area contributed by atoms with Crippen molar-refractivity contribution < 1.29 is 9.90 Å². The zero-order valence-electron chi connectivity index (χ0n) is 15.2. The number of fused-ring (bicyclic) bond motifs is 1. The molecule has 1 fully saturated rings. The number of rotatable bonds is 3. The number of aliphatic hydroxyl groups is 1. The Morgan fingerprint density at radius 1 is 1.29 bits per heavy atom. The second kappa shape index (κ2) is 6.85. The van der Waals surface area contributed by atoms with Crippen LogP contribution in [0.15, 0.2) is 18.2 Å². The minimum atomic E-state index is -0.461. The fourth-order valence-electron chi connectivity index (χ4n) is 4.20. The van der Waals surface area contributed by atoms with E-state index in [1.807, 2.05) is 17.0 Å². The molecule has 4 heteroatoms. The summed E-state index contributed by atoms with van der Waals surface area (Å²) >= 11 is 0. The third-order valence-electron chi connectivity index (χ3n) is 5.40. The van der Waals surface area contributed by atoms with Gasteiger partial charge in [0.25, 0.3) is 0 Å². The zero-order chi connectivity index (χ0) is 17.3. The summed E-state index contributed by atoms with van der Waals surface area (Å²) in [6.07, 6.45) is 3.98. The highest BCUT2D eigenvalue weighted by atomic mass is 16.3. The van der Waals surface area contributed by atoms with Crippen molar-refractivity contribution in [3.8, 4) is 0 Å². The maximum atomic E-state index is 11.8. The van der Waals surface area contributed by atoms with Gasteiger partial charge in [0.15, 0.2) is 0 Å². The summed E-state index contributed by atoms with van der Waals surface area (Å²) in [4.78, 5) is 16.0. The lowest BCUT2D eigenvalue weighted by molar-refractivity contribution is -0.116. The van der Waals surface area contributed by atoms with Gasteiger partial charge in [0, 0.05) is 32.2 Å². The van der Waals surface area contributed by atoms with E-state index in [-0.39, 0.29) is 5.91 Å². The number of piperidine rings is 1. The van der Waals surface area contributed by atoms with Crippen molar-refractivity contribution in [1.29, 1.82) is 0 Å². The molecule has 1 amide bonds. The number of benzene rings is 1. The second-order valence-electron chi connectivity index (χ2n) is 8.18. The maximum absolute atomic E-state index is 11.8. The van der Waals surface area contributed by atoms with Gasteiger partial charge in [-0.3, -0.25) is 9.69 Å². The predicted molar refractivity (Wildman–Crippen MR) is 97.2 cm³/mol. The van der Waals surface area contributed by atoms with Crippen LogP contribution in [0.2, 0.25) is 0 Å². The van der Waals surface area contributed by atoms with Crippen LogP contribution in [0.25, 0.3) is 0 Å². The Bertz CT molecular complexity index is 612. The molecule has 1 N–H and O–H groups in total. The third kappa shape index (κ3) is 3.81. The zero-order valence-corrected chi connectivity index (χ0v) is 15.2. The van der Waals surface area contributed by atoms with Crippen LogP contribution in [0.3, 0.4) is 0 Å². The highest BCUT2D eigenvalue weighted by Gasteiger charge is 2.28. The van der Waals surface area contributed by atoms with Crippen LogP contribution >= 0.6 is 0 Å². The van der Waals surface area contributed by atoms with Crippen LogP contribution in [0.5, 0.6) is 0 Å². The first-order valence-electron chi connectivity index (χ1n) is 9.17. The van der Waals surface area contributed by atoms with Gasteiger partial charge in [-0.15, -0.1) is 0 Å². The van der Waals surface area contributed by atoms with Crippen molar-refractivity contribution in [2.45, 2.75) is 52.6 Å². The molecule has 1 atom stereocenters. The number of amides is 1. The molecular formula is C20H30N2O2. The molecule has 4 nitrogen and oxygen atoms in total. The lowest BCUT2D eigenvalue weighted by Crippen LogP contribution is -2.42. The van der Waals surface area contributed by atoms with Gasteiger partial charge >= 0.3 is 0 Å². The van der Waals surface area contributed by atoms with Crippen LogP contribution in [0.4, 0.5) is 5.69 Å². The van der Waals surface area contributed by atoms with Gasteiger partial charge in [-0.1, -0.05) is 26.0 Å². The predicted octanol–water partition coefficient (Wildman–Crippen LogP) is 3.14. The van der Waals surface area contributed by atoms with Gasteiger partial charge in [-0.2, -0.15) is 0 Å². The summed E-state index contributed by atoms with van der Waals surface area (Å²) in [6.45, 7) is 9.85. The average molecular weight is 330 g/mol. The molecular weight excluding hydrogens is 300 g/mol. The maximum Gasteiger partial charge on any atom is 0.223 e. The van der Waals surface area contributed by atoms with Crippen molar-refractivity contribution in [3.63, 3.8) is 0 Å². The number of carbonyl (C=O) groups is 1. The van der Waals surface area contributed by atoms with Crippen LogP contribution < -0.4 is 4.90 Å². The van der Waals surface area contributed by atoms with E-state index < -0.39 is 6.10 Å². The van der Waals surface area contributed by atoms with Crippen LogP contribution in [0.1, 0.15) is 57.3 Å². The molecule has 0 saturated carbocycles. The first-order valence-corrected chi connectivity index (χ1v) is 9.17. The first kappa shape index (κ1) is 17.4. The molecule has 0 spiro atoms. The normalized spacial score (nSPS) is 22.1. The standard InChI is InChI=1S/C20H30N2O2/c1-15(23)22-11-4-6-16-12-17(7-8-18(16)22)19(24)13-21-10-5-9-20(2,3)14-21/h7-8,12,19,24H,4-6,9-11,13-14H2,1-3H3/t19-/m0/s1. The Kier molecular flexibility index (Phi) is 4.97. The molecule has 0 radical (unpaired) electrons. The number of likely N-dealkylation sites (tertiary alicyclic amines) is 1. The molecule has 0 bridgehead atoms. The average Bonchev–Trinajstić information content (AvgIpc) is 2.52. The Balaban J connectivity index is 1.72. The first-order chi connectivity index (χ1) is 11.4. The van der Waals surface area contributed by atoms with Gasteiger partial charge in [-0.25, -0.2) is 0 Å². The molecule has 1 aromatic carbocycles. The number of anilines is 1. The summed E-state index contributed by atoms with van der Waals surface area (Å²) in [7, 11) is 0. The topological polar surface area (TPSA) is 43.8 Å². The van der Waals surface area contributed by atoms with Crippen molar-refractivity contribution in [3.05, 3.63) is 29.3 Å². The lowest BCUT2D eigenvalue weighted by atomic mass is 9.84. The second-order valence-corrected chi connectivity index (χ2v) is 8.18. The minimum absolute atomic E-state index is 0.0970. The number of hydrogen-bond acceptors (Lipinski definition) is 3. The summed E-state index contributed by atoms with van der Waals surface area (Å²) in [6, 6.07) is 6.10. The summed E-state index contributed by atoms with van der Waals surface area (Å²) in [5.74, 6) is 0.0970. The Morgan fingerprint density at radius 2 is 2.08 bits per heavy atom. The van der Waals surface area contributed by atoms with E-state index in [1.165, 1.54) is 18.4 Å². The van der Waals surface area contributed by atoms with E-state index >= 15 is 0 Å². The lowest BCUT2D eigenvalue weighted by Gasteiger charge is -2.39. The molecule has 132 valence electrons. The number of β-amino-alcohol motifs (C(OH)–C–C–N with tert-alkyl or cyclic N) is 1. The van der Waals surface area contributed by atoms with E-state index in [9.17, 15) is 9.90 Å². The van der Waals surface area contributed by atoms with E-state index in [2.05, 4.69) is 24.8 Å². The van der Waals surface area contributed by atoms with Crippen LogP contribution in [-0.4, -0.2) is 42.1 Å². The Morgan fingerprint density at radius 3 is 2.79 bits per heavy atom. The van der Waals surface area contributed by atoms with Crippen LogP contribution in [0, 0.1) is 5.41 Å². The fraction of sp³-hybridized carbons (Fsp3) is 0.650. The molecule has 2 aliphatic rings. The number of carbonyl (C=O) groups excluding carboxylic acids is 1. The van der Waals surface area contributed by atoms with E-state index in [0.29, 0.717) is 12.0 Å². The van der Waals surface area contributed by atoms with Crippen LogP contribution in [-0.2, 0) is 11.2 Å². The monoisotopic (exact) mass is 330 g/mol. The molecule has 2 aliphatic heterocycles. The number of nitrogens with zero attached hydrogens (tertiary/aromatic N) is 2. The van der Waals surface area contributed by atoms with Gasteiger partial charge < -0.3 is 10.0 Å². The molecule has 24 heavy (non-hydrogen) atoms. The Hall–Kier alpha value is -1.39. The minimum Gasteiger partial charge on any atom is -0.387 e. The Labute approximate surface area is 145 Å². The molecule has 3 rings (SSSR count). The fourth-order valence-corrected chi connectivity index (χ4v) is 4.20. The molecule has 2 heterocycles. The molecule has 1 aromatic rings. The van der Waals surface area contributed by atoms with Crippen molar-refractivity contribution >= 4 is 11.6 Å². The van der Waals surface area contributed by atoms with Gasteiger partial charge in [0.1, 0.15) is 0 Å². The third-order valence-corrected chi connectivity index (χ3v) is 5.40. The highest BCUT2D eigenvalue weighted by Crippen LogP contribution is 2.32. The van der Waals surface area contributed by atoms with E-state index in [1.54, 1.807) is 6.92 Å². The quantitative estimate of drug-likeness (QED) is 0.926. The van der Waals surface area contributed by atoms with E-state index in [4.69, 9.17) is 0 Å². The van der Waals surface area contributed by atoms with Gasteiger partial charge in [0.2, 0.25) is 5.91 Å². The molecule has 0 aromatic heterocycles. The smallest absolute Gasteiger partial charge is 0.223 e. The molecule has 0 unspecified atom stereocenters. The van der Waals surface area contributed by atoms with E-state index in [0.717, 1.165) is 43.7 Å². The largest absolute Gasteiger partial charge is 0.387 e. The van der Waals surface area contributed by atoms with Crippen molar-refractivity contribution in [2.75, 3.05) is 31.1 Å². The number of aliphatic hydroxyl groups excluding tert-OH is 1. The molecule has 1 saturated heterocycles. The van der Waals surface area contributed by atoms with Crippen molar-refractivity contribution in [1.82, 2.24) is 4.90 Å². The summed E-state index contributed by atoms with van der Waals surface area (Å²) < 4.78 is 0. The van der Waals surface area contributed by atoms with Gasteiger partial charge in [0.05, 0.1) is 6.10 Å². The number of hydrogen-bond donors (Lipinski definition) is 1.